The first-order valence-corrected chi connectivity index (χ1v) is 6.70. The molecule has 0 spiro atoms. The Morgan fingerprint density at radius 2 is 1.42 bits per heavy atom. The Hall–Kier alpha value is -1.90. The van der Waals surface area contributed by atoms with Crippen molar-refractivity contribution in [2.24, 2.45) is 11.8 Å². The van der Waals surface area contributed by atoms with Gasteiger partial charge in [-0.15, -0.1) is 0 Å². The van der Waals surface area contributed by atoms with Gasteiger partial charge in [-0.2, -0.15) is 0 Å². The minimum absolute atomic E-state index is 0.0308. The molecule has 1 aromatic carbocycles. The van der Waals surface area contributed by atoms with E-state index in [-0.39, 0.29) is 23.7 Å². The van der Waals surface area contributed by atoms with E-state index in [4.69, 9.17) is 0 Å². The Morgan fingerprint density at radius 1 is 0.947 bits per heavy atom. The van der Waals surface area contributed by atoms with Crippen molar-refractivity contribution in [2.75, 3.05) is 4.90 Å². The zero-order valence-corrected chi connectivity index (χ0v) is 11.2. The number of allylic oxidation sites excluding steroid dienone is 2. The van der Waals surface area contributed by atoms with Crippen LogP contribution >= 0.6 is 0 Å². The van der Waals surface area contributed by atoms with E-state index in [1.165, 1.54) is 4.90 Å². The van der Waals surface area contributed by atoms with Crippen LogP contribution in [0.1, 0.15) is 24.0 Å². The van der Waals surface area contributed by atoms with E-state index < -0.39 is 0 Å². The molecule has 1 saturated heterocycles. The van der Waals surface area contributed by atoms with Gasteiger partial charge in [0, 0.05) is 0 Å². The Balaban J connectivity index is 2.07. The van der Waals surface area contributed by atoms with Crippen LogP contribution in [0.2, 0.25) is 0 Å². The van der Waals surface area contributed by atoms with Gasteiger partial charge in [0.15, 0.2) is 0 Å². The van der Waals surface area contributed by atoms with Crippen LogP contribution < -0.4 is 4.90 Å². The van der Waals surface area contributed by atoms with Crippen molar-refractivity contribution in [1.29, 1.82) is 0 Å². The number of benzene rings is 1. The van der Waals surface area contributed by atoms with Crippen LogP contribution in [0.15, 0.2) is 30.4 Å². The summed E-state index contributed by atoms with van der Waals surface area (Å²) in [6.45, 7) is 3.90. The minimum atomic E-state index is -0.156. The minimum Gasteiger partial charge on any atom is -0.274 e. The van der Waals surface area contributed by atoms with Crippen molar-refractivity contribution in [3.63, 3.8) is 0 Å². The first kappa shape index (κ1) is 12.2. The second-order valence-electron chi connectivity index (χ2n) is 5.41. The van der Waals surface area contributed by atoms with Crippen LogP contribution in [0.5, 0.6) is 0 Å². The average Bonchev–Trinajstić information content (AvgIpc) is 2.64. The van der Waals surface area contributed by atoms with Crippen LogP contribution in [0.4, 0.5) is 5.69 Å². The third-order valence-corrected chi connectivity index (χ3v) is 4.17. The molecule has 0 unspecified atom stereocenters. The summed E-state index contributed by atoms with van der Waals surface area (Å²) in [4.78, 5) is 26.5. The molecular weight excluding hydrogens is 238 g/mol. The molecule has 0 radical (unpaired) electrons. The molecule has 98 valence electrons. The topological polar surface area (TPSA) is 37.4 Å². The second kappa shape index (κ2) is 4.34. The van der Waals surface area contributed by atoms with Crippen molar-refractivity contribution < 1.29 is 9.59 Å². The number of imide groups is 1. The molecule has 2 aliphatic rings. The lowest BCUT2D eigenvalue weighted by Gasteiger charge is -2.19. The molecule has 0 N–H and O–H groups in total. The molecule has 19 heavy (non-hydrogen) atoms. The van der Waals surface area contributed by atoms with Gasteiger partial charge >= 0.3 is 0 Å². The van der Waals surface area contributed by atoms with Crippen LogP contribution in [-0.4, -0.2) is 11.8 Å². The third-order valence-electron chi connectivity index (χ3n) is 4.17. The highest BCUT2D eigenvalue weighted by Crippen LogP contribution is 2.39. The van der Waals surface area contributed by atoms with Gasteiger partial charge in [-0.05, 0) is 37.8 Å². The number of nitrogens with zero attached hydrogens (tertiary/aromatic N) is 1. The fourth-order valence-electron chi connectivity index (χ4n) is 3.18. The summed E-state index contributed by atoms with van der Waals surface area (Å²) < 4.78 is 0. The van der Waals surface area contributed by atoms with Crippen molar-refractivity contribution in [3.8, 4) is 0 Å². The van der Waals surface area contributed by atoms with Gasteiger partial charge in [-0.25, -0.2) is 4.90 Å². The Morgan fingerprint density at radius 3 is 1.89 bits per heavy atom. The molecule has 3 nitrogen and oxygen atoms in total. The SMILES string of the molecule is Cc1cccc(C)c1N1C(=O)[C@H]2CC=CC[C@H]2C1=O. The normalized spacial score (nSPS) is 25.9. The van der Waals surface area contributed by atoms with Gasteiger partial charge < -0.3 is 0 Å². The van der Waals surface area contributed by atoms with Crippen molar-refractivity contribution >= 4 is 17.5 Å². The number of aryl methyl sites for hydroxylation is 2. The predicted octanol–water partition coefficient (Wildman–Crippen LogP) is 2.76. The molecule has 1 fully saturated rings. The quantitative estimate of drug-likeness (QED) is 0.571. The Bertz CT molecular complexity index is 542. The van der Waals surface area contributed by atoms with Gasteiger partial charge in [0.1, 0.15) is 0 Å². The largest absolute Gasteiger partial charge is 0.274 e. The van der Waals surface area contributed by atoms with E-state index in [2.05, 4.69) is 0 Å². The number of carbonyl (C=O) groups is 2. The van der Waals surface area contributed by atoms with Crippen LogP contribution in [0.3, 0.4) is 0 Å². The lowest BCUT2D eigenvalue weighted by atomic mass is 9.85. The third kappa shape index (κ3) is 1.72. The highest BCUT2D eigenvalue weighted by Gasteiger charge is 2.48. The summed E-state index contributed by atoms with van der Waals surface area (Å²) in [5, 5.41) is 0. The zero-order chi connectivity index (χ0) is 13.6. The monoisotopic (exact) mass is 255 g/mol. The first-order chi connectivity index (χ1) is 9.11. The number of hydrogen-bond acceptors (Lipinski definition) is 2. The number of carbonyl (C=O) groups excluding carboxylic acids is 2. The van der Waals surface area contributed by atoms with E-state index >= 15 is 0 Å². The van der Waals surface area contributed by atoms with E-state index in [0.29, 0.717) is 12.8 Å². The van der Waals surface area contributed by atoms with Crippen LogP contribution in [-0.2, 0) is 9.59 Å². The predicted molar refractivity (Wildman–Crippen MR) is 73.8 cm³/mol. The smallest absolute Gasteiger partial charge is 0.238 e. The van der Waals surface area contributed by atoms with Gasteiger partial charge in [0.05, 0.1) is 17.5 Å². The van der Waals surface area contributed by atoms with Crippen molar-refractivity contribution in [2.45, 2.75) is 26.7 Å². The molecule has 1 heterocycles. The van der Waals surface area contributed by atoms with Crippen molar-refractivity contribution in [1.82, 2.24) is 0 Å². The van der Waals surface area contributed by atoms with Gasteiger partial charge in [0.2, 0.25) is 11.8 Å². The highest BCUT2D eigenvalue weighted by molar-refractivity contribution is 6.22. The molecule has 0 aromatic heterocycles. The number of anilines is 1. The number of amides is 2. The molecule has 3 heteroatoms. The first-order valence-electron chi connectivity index (χ1n) is 6.70. The number of rotatable bonds is 1. The summed E-state index contributed by atoms with van der Waals surface area (Å²) in [7, 11) is 0. The molecule has 0 bridgehead atoms. The second-order valence-corrected chi connectivity index (χ2v) is 5.41. The zero-order valence-electron chi connectivity index (χ0n) is 11.2. The fraction of sp³-hybridized carbons (Fsp3) is 0.375. The van der Waals surface area contributed by atoms with E-state index in [1.807, 2.05) is 44.2 Å². The lowest BCUT2D eigenvalue weighted by Crippen LogP contribution is -2.32. The van der Waals surface area contributed by atoms with E-state index in [0.717, 1.165) is 16.8 Å². The fourth-order valence-corrected chi connectivity index (χ4v) is 3.18. The maximum absolute atomic E-state index is 12.5. The lowest BCUT2D eigenvalue weighted by molar-refractivity contribution is -0.122. The average molecular weight is 255 g/mol. The number of fused-ring (bicyclic) bond motifs is 1. The van der Waals surface area contributed by atoms with Crippen LogP contribution in [0, 0.1) is 25.7 Å². The Kier molecular flexibility index (Phi) is 2.77. The molecule has 2 amide bonds. The van der Waals surface area contributed by atoms with Crippen molar-refractivity contribution in [3.05, 3.63) is 41.5 Å². The highest BCUT2D eigenvalue weighted by atomic mass is 16.2. The van der Waals surface area contributed by atoms with Gasteiger partial charge in [-0.1, -0.05) is 30.4 Å². The Labute approximate surface area is 112 Å². The molecule has 1 aromatic rings. The molecular formula is C16H17NO2. The standard InChI is InChI=1S/C16H17NO2/c1-10-6-5-7-11(2)14(10)17-15(18)12-8-3-4-9-13(12)16(17)19/h3-7,12-13H,8-9H2,1-2H3/t12-,13+. The number of para-hydroxylation sites is 1. The maximum Gasteiger partial charge on any atom is 0.238 e. The molecule has 0 saturated carbocycles. The molecule has 1 aliphatic carbocycles. The molecule has 2 atom stereocenters. The molecule has 3 rings (SSSR count). The van der Waals surface area contributed by atoms with Crippen LogP contribution in [0.25, 0.3) is 0 Å². The number of hydrogen-bond donors (Lipinski definition) is 0. The summed E-state index contributed by atoms with van der Waals surface area (Å²) in [6.07, 6.45) is 5.41. The van der Waals surface area contributed by atoms with E-state index in [9.17, 15) is 9.59 Å². The summed E-state index contributed by atoms with van der Waals surface area (Å²) in [5.74, 6) is -0.374. The molecule has 1 aliphatic heterocycles. The van der Waals surface area contributed by atoms with Gasteiger partial charge in [0.25, 0.3) is 0 Å². The van der Waals surface area contributed by atoms with E-state index in [1.54, 1.807) is 0 Å². The summed E-state index contributed by atoms with van der Waals surface area (Å²) in [5.41, 5.74) is 2.74. The maximum atomic E-state index is 12.5. The summed E-state index contributed by atoms with van der Waals surface area (Å²) >= 11 is 0. The van der Waals surface area contributed by atoms with Gasteiger partial charge in [-0.3, -0.25) is 9.59 Å². The summed E-state index contributed by atoms with van der Waals surface area (Å²) in [6, 6.07) is 5.85.